The third kappa shape index (κ3) is 2.81. The lowest BCUT2D eigenvalue weighted by Gasteiger charge is -2.07. The maximum absolute atomic E-state index is 9.19. The van der Waals surface area contributed by atoms with Crippen molar-refractivity contribution in [2.75, 3.05) is 13.0 Å². The lowest BCUT2D eigenvalue weighted by atomic mass is 10.1. The summed E-state index contributed by atoms with van der Waals surface area (Å²) in [6.45, 7) is 0. The zero-order chi connectivity index (χ0) is 9.68. The van der Waals surface area contributed by atoms with E-state index < -0.39 is 0 Å². The van der Waals surface area contributed by atoms with E-state index in [1.807, 2.05) is 6.07 Å². The molecule has 0 fully saturated rings. The molecule has 13 heavy (non-hydrogen) atoms. The van der Waals surface area contributed by atoms with Crippen LogP contribution < -0.4 is 4.74 Å². The minimum Gasteiger partial charge on any atom is -0.508 e. The monoisotopic (exact) mass is 200 g/mol. The third-order valence-corrected chi connectivity index (χ3v) is 2.12. The van der Waals surface area contributed by atoms with Crippen LogP contribution in [0.5, 0.6) is 11.5 Å². The van der Waals surface area contributed by atoms with Gasteiger partial charge < -0.3 is 9.84 Å². The summed E-state index contributed by atoms with van der Waals surface area (Å²) in [5, 5.41) is 9.19. The molecule has 0 atom stereocenters. The highest BCUT2D eigenvalue weighted by molar-refractivity contribution is 6.17. The number of ether oxygens (including phenoxy) is 1. The molecule has 1 aromatic carbocycles. The number of phenolic OH excluding ortho intramolecular Hbond substituents is 1. The SMILES string of the molecule is COc1cc(O)ccc1CCCCl. The Kier molecular flexibility index (Phi) is 3.90. The van der Waals surface area contributed by atoms with Gasteiger partial charge >= 0.3 is 0 Å². The molecule has 0 heterocycles. The molecule has 1 N–H and O–H groups in total. The highest BCUT2D eigenvalue weighted by Crippen LogP contribution is 2.24. The highest BCUT2D eigenvalue weighted by atomic mass is 35.5. The fourth-order valence-electron chi connectivity index (χ4n) is 1.20. The largest absolute Gasteiger partial charge is 0.508 e. The number of benzene rings is 1. The topological polar surface area (TPSA) is 29.5 Å². The molecular weight excluding hydrogens is 188 g/mol. The van der Waals surface area contributed by atoms with E-state index >= 15 is 0 Å². The lowest BCUT2D eigenvalue weighted by Crippen LogP contribution is -1.92. The number of rotatable bonds is 4. The molecule has 0 saturated carbocycles. The summed E-state index contributed by atoms with van der Waals surface area (Å²) < 4.78 is 5.12. The maximum Gasteiger partial charge on any atom is 0.125 e. The summed E-state index contributed by atoms with van der Waals surface area (Å²) in [5.41, 5.74) is 1.08. The normalized spacial score (nSPS) is 10.0. The zero-order valence-corrected chi connectivity index (χ0v) is 8.34. The van der Waals surface area contributed by atoms with Gasteiger partial charge in [-0.15, -0.1) is 11.6 Å². The van der Waals surface area contributed by atoms with E-state index in [0.717, 1.165) is 24.2 Å². The third-order valence-electron chi connectivity index (χ3n) is 1.85. The Morgan fingerprint density at radius 3 is 2.85 bits per heavy atom. The minimum atomic E-state index is 0.228. The summed E-state index contributed by atoms with van der Waals surface area (Å²) in [6, 6.07) is 5.14. The number of aromatic hydroxyl groups is 1. The molecule has 72 valence electrons. The zero-order valence-electron chi connectivity index (χ0n) is 7.59. The van der Waals surface area contributed by atoms with Gasteiger partial charge in [0, 0.05) is 11.9 Å². The molecule has 3 heteroatoms. The molecule has 0 aromatic heterocycles. The summed E-state index contributed by atoms with van der Waals surface area (Å²) in [7, 11) is 1.60. The first-order valence-electron chi connectivity index (χ1n) is 4.19. The van der Waals surface area contributed by atoms with Crippen molar-refractivity contribution >= 4 is 11.6 Å². The van der Waals surface area contributed by atoms with E-state index in [1.165, 1.54) is 0 Å². The van der Waals surface area contributed by atoms with E-state index in [0.29, 0.717) is 5.88 Å². The number of aryl methyl sites for hydroxylation is 1. The van der Waals surface area contributed by atoms with Crippen LogP contribution in [0.25, 0.3) is 0 Å². The average molecular weight is 201 g/mol. The van der Waals surface area contributed by atoms with Gasteiger partial charge in [-0.1, -0.05) is 6.07 Å². The van der Waals surface area contributed by atoms with Gasteiger partial charge in [0.05, 0.1) is 7.11 Å². The Morgan fingerprint density at radius 1 is 1.46 bits per heavy atom. The number of alkyl halides is 1. The average Bonchev–Trinajstić information content (AvgIpc) is 2.16. The summed E-state index contributed by atoms with van der Waals surface area (Å²) >= 11 is 5.59. The van der Waals surface area contributed by atoms with Crippen molar-refractivity contribution < 1.29 is 9.84 Å². The molecule has 0 aliphatic heterocycles. The Labute approximate surface area is 83.1 Å². The van der Waals surface area contributed by atoms with Crippen LogP contribution in [0, 0.1) is 0 Å². The number of phenols is 1. The van der Waals surface area contributed by atoms with Crippen LogP contribution in [-0.4, -0.2) is 18.1 Å². The second kappa shape index (κ2) is 4.97. The molecule has 0 radical (unpaired) electrons. The first kappa shape index (κ1) is 10.2. The van der Waals surface area contributed by atoms with E-state index in [-0.39, 0.29) is 5.75 Å². The van der Waals surface area contributed by atoms with Crippen LogP contribution in [0.1, 0.15) is 12.0 Å². The van der Waals surface area contributed by atoms with Crippen LogP contribution >= 0.6 is 11.6 Å². The van der Waals surface area contributed by atoms with Crippen molar-refractivity contribution in [3.63, 3.8) is 0 Å². The molecule has 0 bridgehead atoms. The molecule has 0 unspecified atom stereocenters. The first-order chi connectivity index (χ1) is 6.27. The fourth-order valence-corrected chi connectivity index (χ4v) is 1.33. The van der Waals surface area contributed by atoms with Crippen molar-refractivity contribution in [2.45, 2.75) is 12.8 Å². The van der Waals surface area contributed by atoms with Gasteiger partial charge in [0.1, 0.15) is 11.5 Å². The molecule has 0 saturated heterocycles. The van der Waals surface area contributed by atoms with Crippen LogP contribution in [0.4, 0.5) is 0 Å². The Morgan fingerprint density at radius 2 is 2.23 bits per heavy atom. The molecular formula is C10H13ClO2. The number of hydrogen-bond acceptors (Lipinski definition) is 2. The van der Waals surface area contributed by atoms with Gasteiger partial charge in [0.25, 0.3) is 0 Å². The van der Waals surface area contributed by atoms with E-state index in [2.05, 4.69) is 0 Å². The van der Waals surface area contributed by atoms with Crippen molar-refractivity contribution in [3.8, 4) is 11.5 Å². The van der Waals surface area contributed by atoms with Crippen LogP contribution in [0.2, 0.25) is 0 Å². The highest BCUT2D eigenvalue weighted by Gasteiger charge is 2.02. The van der Waals surface area contributed by atoms with E-state index in [1.54, 1.807) is 19.2 Å². The Balaban J connectivity index is 2.79. The summed E-state index contributed by atoms with van der Waals surface area (Å²) in [5.74, 6) is 1.60. The molecule has 0 aliphatic rings. The summed E-state index contributed by atoms with van der Waals surface area (Å²) in [6.07, 6.45) is 1.80. The molecule has 1 rings (SSSR count). The lowest BCUT2D eigenvalue weighted by molar-refractivity contribution is 0.402. The van der Waals surface area contributed by atoms with Crippen LogP contribution in [0.3, 0.4) is 0 Å². The molecule has 0 spiro atoms. The van der Waals surface area contributed by atoms with E-state index in [4.69, 9.17) is 16.3 Å². The number of halogens is 1. The van der Waals surface area contributed by atoms with Gasteiger partial charge in [-0.25, -0.2) is 0 Å². The predicted molar refractivity (Wildman–Crippen MR) is 53.7 cm³/mol. The first-order valence-corrected chi connectivity index (χ1v) is 4.73. The fraction of sp³-hybridized carbons (Fsp3) is 0.400. The van der Waals surface area contributed by atoms with Gasteiger partial charge in [-0.05, 0) is 24.5 Å². The molecule has 0 amide bonds. The Bertz CT molecular complexity index is 274. The van der Waals surface area contributed by atoms with Crippen molar-refractivity contribution in [2.24, 2.45) is 0 Å². The van der Waals surface area contributed by atoms with Crippen LogP contribution in [0.15, 0.2) is 18.2 Å². The molecule has 0 aliphatic carbocycles. The molecule has 2 nitrogen and oxygen atoms in total. The maximum atomic E-state index is 9.19. The van der Waals surface area contributed by atoms with Crippen LogP contribution in [-0.2, 0) is 6.42 Å². The van der Waals surface area contributed by atoms with Crippen molar-refractivity contribution in [3.05, 3.63) is 23.8 Å². The predicted octanol–water partition coefficient (Wildman–Crippen LogP) is 2.57. The van der Waals surface area contributed by atoms with Crippen molar-refractivity contribution in [1.82, 2.24) is 0 Å². The smallest absolute Gasteiger partial charge is 0.125 e. The van der Waals surface area contributed by atoms with Gasteiger partial charge in [-0.3, -0.25) is 0 Å². The second-order valence-corrected chi connectivity index (χ2v) is 3.17. The second-order valence-electron chi connectivity index (χ2n) is 2.79. The van der Waals surface area contributed by atoms with Crippen molar-refractivity contribution in [1.29, 1.82) is 0 Å². The quantitative estimate of drug-likeness (QED) is 0.758. The van der Waals surface area contributed by atoms with Gasteiger partial charge in [-0.2, -0.15) is 0 Å². The van der Waals surface area contributed by atoms with Gasteiger partial charge in [0.2, 0.25) is 0 Å². The standard InChI is InChI=1S/C10H13ClO2/c1-13-10-7-9(12)5-4-8(10)3-2-6-11/h4-5,7,12H,2-3,6H2,1H3. The van der Waals surface area contributed by atoms with E-state index in [9.17, 15) is 5.11 Å². The minimum absolute atomic E-state index is 0.228. The number of hydrogen-bond donors (Lipinski definition) is 1. The van der Waals surface area contributed by atoms with Gasteiger partial charge in [0.15, 0.2) is 0 Å². The molecule has 1 aromatic rings. The number of methoxy groups -OCH3 is 1. The Hall–Kier alpha value is -0.890. The summed E-state index contributed by atoms with van der Waals surface area (Å²) in [4.78, 5) is 0.